The van der Waals surface area contributed by atoms with Crippen molar-refractivity contribution in [3.63, 3.8) is 0 Å². The first-order chi connectivity index (χ1) is 18.8. The van der Waals surface area contributed by atoms with E-state index >= 15 is 4.39 Å². The zero-order valence-corrected chi connectivity index (χ0v) is 20.8. The molecule has 198 valence electrons. The Labute approximate surface area is 221 Å². The third-order valence-corrected chi connectivity index (χ3v) is 6.27. The molecule has 0 aliphatic rings. The Morgan fingerprint density at radius 1 is 1.05 bits per heavy atom. The Bertz CT molecular complexity index is 1690. The van der Waals surface area contributed by atoms with Crippen molar-refractivity contribution in [1.29, 1.82) is 0 Å². The van der Waals surface area contributed by atoms with Crippen molar-refractivity contribution in [1.82, 2.24) is 20.3 Å². The summed E-state index contributed by atoms with van der Waals surface area (Å²) < 4.78 is 35.7. The molecule has 0 radical (unpaired) electrons. The first-order valence-corrected chi connectivity index (χ1v) is 12.2. The SMILES string of the molecule is CNC(=O)c1c(Oc2ccc(F)c(-c3ncc(Cc4cccc(CCC(=O)O)c4)[nH]3)c2)c(F)cc2[nH]ccc12. The molecule has 0 spiro atoms. The Balaban J connectivity index is 1.41. The summed E-state index contributed by atoms with van der Waals surface area (Å²) in [7, 11) is 1.44. The van der Waals surface area contributed by atoms with Crippen LogP contribution in [-0.4, -0.2) is 39.0 Å². The zero-order chi connectivity index (χ0) is 27.5. The second-order valence-electron chi connectivity index (χ2n) is 8.97. The van der Waals surface area contributed by atoms with E-state index in [4.69, 9.17) is 9.84 Å². The van der Waals surface area contributed by atoms with Gasteiger partial charge in [0.1, 0.15) is 17.4 Å². The summed E-state index contributed by atoms with van der Waals surface area (Å²) in [6, 6.07) is 14.4. The highest BCUT2D eigenvalue weighted by atomic mass is 19.1. The number of H-pyrrole nitrogens is 2. The molecule has 0 saturated heterocycles. The second kappa shape index (κ2) is 10.8. The van der Waals surface area contributed by atoms with Crippen molar-refractivity contribution >= 4 is 22.8 Å². The van der Waals surface area contributed by atoms with Gasteiger partial charge in [-0.15, -0.1) is 0 Å². The first kappa shape index (κ1) is 25.7. The molecule has 5 aromatic rings. The number of fused-ring (bicyclic) bond motifs is 1. The molecule has 1 amide bonds. The summed E-state index contributed by atoms with van der Waals surface area (Å²) in [5.74, 6) is -2.60. The lowest BCUT2D eigenvalue weighted by Crippen LogP contribution is -2.19. The number of nitrogens with one attached hydrogen (secondary N) is 3. The van der Waals surface area contributed by atoms with Gasteiger partial charge in [0.2, 0.25) is 0 Å². The molecular weight excluding hydrogens is 506 g/mol. The molecule has 0 saturated carbocycles. The van der Waals surface area contributed by atoms with E-state index < -0.39 is 23.5 Å². The van der Waals surface area contributed by atoms with E-state index in [1.165, 1.54) is 31.3 Å². The maximum Gasteiger partial charge on any atom is 0.303 e. The highest BCUT2D eigenvalue weighted by Crippen LogP contribution is 2.36. The van der Waals surface area contributed by atoms with Crippen molar-refractivity contribution in [2.45, 2.75) is 19.3 Å². The number of hydrogen-bond donors (Lipinski definition) is 4. The van der Waals surface area contributed by atoms with Crippen molar-refractivity contribution in [2.24, 2.45) is 0 Å². The highest BCUT2D eigenvalue weighted by molar-refractivity contribution is 6.09. The molecule has 0 fully saturated rings. The summed E-state index contributed by atoms with van der Waals surface area (Å²) in [5.41, 5.74) is 3.14. The Kier molecular flexibility index (Phi) is 7.09. The summed E-state index contributed by atoms with van der Waals surface area (Å²) in [4.78, 5) is 33.8. The summed E-state index contributed by atoms with van der Waals surface area (Å²) in [6.45, 7) is 0. The largest absolute Gasteiger partial charge is 0.481 e. The average Bonchev–Trinajstić information content (AvgIpc) is 3.58. The van der Waals surface area contributed by atoms with Crippen molar-refractivity contribution in [2.75, 3.05) is 7.05 Å². The Morgan fingerprint density at radius 3 is 2.67 bits per heavy atom. The number of carbonyl (C=O) groups excluding carboxylic acids is 1. The molecule has 0 atom stereocenters. The number of halogens is 2. The number of aromatic amines is 2. The predicted octanol–water partition coefficient (Wildman–Crippen LogP) is 5.60. The highest BCUT2D eigenvalue weighted by Gasteiger charge is 2.22. The molecule has 3 aromatic carbocycles. The number of carboxylic acids is 1. The molecule has 10 heteroatoms. The number of aryl methyl sites for hydroxylation is 1. The number of benzene rings is 3. The van der Waals surface area contributed by atoms with E-state index in [-0.39, 0.29) is 34.9 Å². The van der Waals surface area contributed by atoms with Crippen LogP contribution in [0.4, 0.5) is 8.78 Å². The van der Waals surface area contributed by atoms with Crippen LogP contribution in [0.3, 0.4) is 0 Å². The van der Waals surface area contributed by atoms with Crippen LogP contribution in [-0.2, 0) is 17.6 Å². The van der Waals surface area contributed by atoms with Crippen LogP contribution in [0.5, 0.6) is 11.5 Å². The molecule has 0 aliphatic carbocycles. The smallest absolute Gasteiger partial charge is 0.303 e. The van der Waals surface area contributed by atoms with E-state index in [9.17, 15) is 14.0 Å². The number of carbonyl (C=O) groups is 2. The number of amides is 1. The third kappa shape index (κ3) is 5.49. The van der Waals surface area contributed by atoms with Crippen LogP contribution in [0, 0.1) is 11.6 Å². The summed E-state index contributed by atoms with van der Waals surface area (Å²) in [5, 5.41) is 11.9. The van der Waals surface area contributed by atoms with Crippen LogP contribution in [0.25, 0.3) is 22.3 Å². The van der Waals surface area contributed by atoms with Gasteiger partial charge < -0.3 is 25.1 Å². The van der Waals surface area contributed by atoms with Crippen LogP contribution < -0.4 is 10.1 Å². The van der Waals surface area contributed by atoms with Gasteiger partial charge in [0.15, 0.2) is 11.6 Å². The molecule has 0 aliphatic heterocycles. The predicted molar refractivity (Wildman–Crippen MR) is 141 cm³/mol. The number of aromatic nitrogens is 3. The monoisotopic (exact) mass is 530 g/mol. The van der Waals surface area contributed by atoms with Gasteiger partial charge in [-0.2, -0.15) is 0 Å². The van der Waals surface area contributed by atoms with Crippen LogP contribution in [0.2, 0.25) is 0 Å². The molecule has 4 N–H and O–H groups in total. The number of ether oxygens (including phenoxy) is 1. The quantitative estimate of drug-likeness (QED) is 0.198. The molecule has 8 nitrogen and oxygen atoms in total. The number of rotatable bonds is 9. The van der Waals surface area contributed by atoms with Gasteiger partial charge in [-0.25, -0.2) is 13.8 Å². The standard InChI is InChI=1S/C29H24F2N4O4/c1-32-29(38)26-20-9-10-33-24(20)14-23(31)27(26)39-19-6-7-22(30)21(13-19)28-34-15-18(35-28)12-17-4-2-3-16(11-17)5-8-25(36)37/h2-4,6-7,9-11,13-15,33H,5,8,12H2,1H3,(H,32,38)(H,34,35)(H,36,37). The van der Waals surface area contributed by atoms with Crippen LogP contribution in [0.15, 0.2) is 67.0 Å². The second-order valence-corrected chi connectivity index (χ2v) is 8.97. The average molecular weight is 531 g/mol. The molecule has 0 unspecified atom stereocenters. The summed E-state index contributed by atoms with van der Waals surface area (Å²) in [6.07, 6.45) is 4.13. The number of carboxylic acid groups (broad SMARTS) is 1. The van der Waals surface area contributed by atoms with Crippen molar-refractivity contribution in [3.05, 3.63) is 101 Å². The molecule has 2 aromatic heterocycles. The van der Waals surface area contributed by atoms with Crippen LogP contribution >= 0.6 is 0 Å². The van der Waals surface area contributed by atoms with Crippen molar-refractivity contribution in [3.8, 4) is 22.9 Å². The number of aliphatic carboxylic acids is 1. The molecule has 39 heavy (non-hydrogen) atoms. The van der Waals surface area contributed by atoms with Gasteiger partial charge in [-0.3, -0.25) is 9.59 Å². The summed E-state index contributed by atoms with van der Waals surface area (Å²) >= 11 is 0. The lowest BCUT2D eigenvalue weighted by atomic mass is 10.0. The van der Waals surface area contributed by atoms with E-state index in [0.29, 0.717) is 23.7 Å². The maximum atomic E-state index is 15.0. The van der Waals surface area contributed by atoms with Gasteiger partial charge in [-0.05, 0) is 41.8 Å². The zero-order valence-electron chi connectivity index (χ0n) is 20.8. The Hall–Kier alpha value is -4.99. The first-order valence-electron chi connectivity index (χ1n) is 12.2. The maximum absolute atomic E-state index is 15.0. The molecule has 0 bridgehead atoms. The van der Waals surface area contributed by atoms with Gasteiger partial charge >= 0.3 is 5.97 Å². The topological polar surface area (TPSA) is 120 Å². The Morgan fingerprint density at radius 2 is 1.87 bits per heavy atom. The normalized spacial score (nSPS) is 11.1. The van der Waals surface area contributed by atoms with Gasteiger partial charge in [0.05, 0.1) is 11.1 Å². The van der Waals surface area contributed by atoms with E-state index in [1.54, 1.807) is 18.5 Å². The molecule has 2 heterocycles. The van der Waals surface area contributed by atoms with Gasteiger partial charge in [0, 0.05) is 54.9 Å². The van der Waals surface area contributed by atoms with E-state index in [1.807, 2.05) is 24.3 Å². The van der Waals surface area contributed by atoms with Crippen LogP contribution in [0.1, 0.15) is 33.6 Å². The fourth-order valence-corrected chi connectivity index (χ4v) is 4.42. The fraction of sp³-hybridized carbons (Fsp3) is 0.138. The number of nitrogens with zero attached hydrogens (tertiary/aromatic N) is 1. The minimum Gasteiger partial charge on any atom is -0.481 e. The fourth-order valence-electron chi connectivity index (χ4n) is 4.42. The third-order valence-electron chi connectivity index (χ3n) is 6.27. The minimum absolute atomic E-state index is 0.0190. The number of imidazole rings is 1. The van der Waals surface area contributed by atoms with Crippen molar-refractivity contribution < 1.29 is 28.2 Å². The minimum atomic E-state index is -0.857. The molecule has 5 rings (SSSR count). The number of hydrogen-bond acceptors (Lipinski definition) is 4. The van der Waals surface area contributed by atoms with Gasteiger partial charge in [0.25, 0.3) is 5.91 Å². The lowest BCUT2D eigenvalue weighted by Gasteiger charge is -2.13. The van der Waals surface area contributed by atoms with Gasteiger partial charge in [-0.1, -0.05) is 24.3 Å². The van der Waals surface area contributed by atoms with E-state index in [2.05, 4.69) is 20.3 Å². The van der Waals surface area contributed by atoms with E-state index in [0.717, 1.165) is 16.8 Å². The molecular formula is C29H24F2N4O4. The lowest BCUT2D eigenvalue weighted by molar-refractivity contribution is -0.136.